The molecule has 0 aliphatic heterocycles. The molecule has 0 unspecified atom stereocenters. The van der Waals surface area contributed by atoms with E-state index < -0.39 is 0 Å². The molecule has 1 rings (SSSR count). The molecule has 1 amide bonds. The topological polar surface area (TPSA) is 86.4 Å². The molecule has 1 aromatic rings. The van der Waals surface area contributed by atoms with Crippen molar-refractivity contribution in [3.05, 3.63) is 18.0 Å². The second kappa shape index (κ2) is 5.93. The van der Waals surface area contributed by atoms with Crippen LogP contribution in [0.3, 0.4) is 0 Å². The third kappa shape index (κ3) is 3.51. The molecule has 0 aliphatic carbocycles. The minimum Gasteiger partial charge on any atom is -0.469 e. The van der Waals surface area contributed by atoms with Crippen LogP contribution >= 0.6 is 0 Å². The van der Waals surface area contributed by atoms with E-state index in [1.165, 1.54) is 7.11 Å². The summed E-state index contributed by atoms with van der Waals surface area (Å²) in [5.74, 6) is -0.594. The third-order valence-electron chi connectivity index (χ3n) is 2.33. The predicted octanol–water partition coefficient (Wildman–Crippen LogP) is 0.383. The van der Waals surface area contributed by atoms with Gasteiger partial charge in [0.25, 0.3) is 5.91 Å². The summed E-state index contributed by atoms with van der Waals surface area (Å²) in [6.45, 7) is 2.84. The van der Waals surface area contributed by atoms with Crippen molar-refractivity contribution < 1.29 is 14.3 Å². The molecule has 0 bridgehead atoms. The Bertz CT molecular complexity index is 412. The number of esters is 1. The van der Waals surface area contributed by atoms with Gasteiger partial charge >= 0.3 is 5.97 Å². The Morgan fingerprint density at radius 2 is 2.24 bits per heavy atom. The minimum atomic E-state index is -0.351. The number of anilines is 1. The van der Waals surface area contributed by atoms with Crippen molar-refractivity contribution >= 4 is 17.6 Å². The maximum absolute atomic E-state index is 11.8. The zero-order valence-electron chi connectivity index (χ0n) is 10.0. The molecule has 0 fully saturated rings. The van der Waals surface area contributed by atoms with E-state index in [-0.39, 0.29) is 24.8 Å². The van der Waals surface area contributed by atoms with Crippen molar-refractivity contribution in [3.63, 3.8) is 0 Å². The highest BCUT2D eigenvalue weighted by atomic mass is 16.5. The maximum Gasteiger partial charge on any atom is 0.307 e. The Balaban J connectivity index is 2.54. The molecule has 0 atom stereocenters. The molecule has 0 aliphatic rings. The van der Waals surface area contributed by atoms with Gasteiger partial charge in [-0.15, -0.1) is 0 Å². The lowest BCUT2D eigenvalue weighted by atomic mass is 10.3. The van der Waals surface area contributed by atoms with Crippen LogP contribution in [0, 0.1) is 0 Å². The Morgan fingerprint density at radius 1 is 1.53 bits per heavy atom. The van der Waals surface area contributed by atoms with Gasteiger partial charge in [-0.05, 0) is 13.0 Å². The van der Waals surface area contributed by atoms with Crippen molar-refractivity contribution in [2.45, 2.75) is 19.9 Å². The number of rotatable bonds is 5. The number of nitrogens with one attached hydrogen (secondary N) is 1. The summed E-state index contributed by atoms with van der Waals surface area (Å²) < 4.78 is 6.22. The number of hydrogen-bond donors (Lipinski definition) is 2. The molecular formula is C11H17N3O3. The molecule has 6 nitrogen and oxygen atoms in total. The van der Waals surface area contributed by atoms with E-state index in [1.54, 1.807) is 16.8 Å². The van der Waals surface area contributed by atoms with Crippen LogP contribution in [0.1, 0.15) is 23.8 Å². The molecular weight excluding hydrogens is 222 g/mol. The Morgan fingerprint density at radius 3 is 2.82 bits per heavy atom. The van der Waals surface area contributed by atoms with E-state index in [4.69, 9.17) is 5.73 Å². The average molecular weight is 239 g/mol. The number of methoxy groups -OCH3 is 1. The van der Waals surface area contributed by atoms with Gasteiger partial charge in [0, 0.05) is 19.3 Å². The SMILES string of the molecule is CCn1cc(N)cc1C(=O)NCCC(=O)OC. The van der Waals surface area contributed by atoms with Gasteiger partial charge in [-0.2, -0.15) is 0 Å². The number of aryl methyl sites for hydroxylation is 1. The van der Waals surface area contributed by atoms with Crippen molar-refractivity contribution in [3.8, 4) is 0 Å². The highest BCUT2D eigenvalue weighted by Gasteiger charge is 2.12. The van der Waals surface area contributed by atoms with Gasteiger partial charge in [-0.1, -0.05) is 0 Å². The summed E-state index contributed by atoms with van der Waals surface area (Å²) in [6.07, 6.45) is 1.86. The first-order valence-corrected chi connectivity index (χ1v) is 5.39. The Labute approximate surface area is 99.7 Å². The summed E-state index contributed by atoms with van der Waals surface area (Å²) in [6, 6.07) is 1.61. The van der Waals surface area contributed by atoms with Crippen LogP contribution in [0.25, 0.3) is 0 Å². The first-order valence-electron chi connectivity index (χ1n) is 5.39. The molecule has 1 aromatic heterocycles. The van der Waals surface area contributed by atoms with Crippen LogP contribution in [0.4, 0.5) is 5.69 Å². The number of carbonyl (C=O) groups is 2. The molecule has 0 radical (unpaired) electrons. The summed E-state index contributed by atoms with van der Waals surface area (Å²) in [5, 5.41) is 2.64. The standard InChI is InChI=1S/C11H17N3O3/c1-3-14-7-8(12)6-9(14)11(16)13-5-4-10(15)17-2/h6-7H,3-5,12H2,1-2H3,(H,13,16). The van der Waals surface area contributed by atoms with Crippen LogP contribution < -0.4 is 11.1 Å². The Hall–Kier alpha value is -1.98. The molecule has 17 heavy (non-hydrogen) atoms. The minimum absolute atomic E-state index is 0.157. The summed E-state index contributed by atoms with van der Waals surface area (Å²) >= 11 is 0. The number of amides is 1. The van der Waals surface area contributed by atoms with Crippen LogP contribution in [0.15, 0.2) is 12.3 Å². The van der Waals surface area contributed by atoms with Crippen molar-refractivity contribution in [1.82, 2.24) is 9.88 Å². The molecule has 0 saturated heterocycles. The smallest absolute Gasteiger partial charge is 0.307 e. The van der Waals surface area contributed by atoms with Crippen LogP contribution in [-0.2, 0) is 16.1 Å². The van der Waals surface area contributed by atoms with Crippen molar-refractivity contribution in [2.24, 2.45) is 0 Å². The molecule has 6 heteroatoms. The summed E-state index contributed by atoms with van der Waals surface area (Å²) in [4.78, 5) is 22.6. The van der Waals surface area contributed by atoms with Crippen molar-refractivity contribution in [1.29, 1.82) is 0 Å². The second-order valence-corrected chi connectivity index (χ2v) is 3.53. The van der Waals surface area contributed by atoms with Crippen LogP contribution in [0.5, 0.6) is 0 Å². The molecule has 94 valence electrons. The first-order chi connectivity index (χ1) is 8.08. The lowest BCUT2D eigenvalue weighted by Crippen LogP contribution is -2.28. The van der Waals surface area contributed by atoms with E-state index in [1.807, 2.05) is 6.92 Å². The maximum atomic E-state index is 11.8. The van der Waals surface area contributed by atoms with Gasteiger partial charge in [0.2, 0.25) is 0 Å². The van der Waals surface area contributed by atoms with Crippen molar-refractivity contribution in [2.75, 3.05) is 19.4 Å². The lowest BCUT2D eigenvalue weighted by molar-refractivity contribution is -0.140. The number of ether oxygens (including phenoxy) is 1. The average Bonchev–Trinajstić information content (AvgIpc) is 2.70. The van der Waals surface area contributed by atoms with Gasteiger partial charge < -0.3 is 20.4 Å². The number of aromatic nitrogens is 1. The lowest BCUT2D eigenvalue weighted by Gasteiger charge is -2.06. The second-order valence-electron chi connectivity index (χ2n) is 3.53. The molecule has 0 spiro atoms. The van der Waals surface area contributed by atoms with E-state index in [9.17, 15) is 9.59 Å². The van der Waals surface area contributed by atoms with E-state index in [0.717, 1.165) is 0 Å². The molecule has 3 N–H and O–H groups in total. The normalized spacial score (nSPS) is 10.0. The highest BCUT2D eigenvalue weighted by molar-refractivity contribution is 5.94. The molecule has 0 aromatic carbocycles. The summed E-state index contributed by atoms with van der Waals surface area (Å²) in [7, 11) is 1.31. The predicted molar refractivity (Wildman–Crippen MR) is 63.5 cm³/mol. The number of nitrogens with two attached hydrogens (primary N) is 1. The zero-order chi connectivity index (χ0) is 12.8. The van der Waals surface area contributed by atoms with Crippen LogP contribution in [0.2, 0.25) is 0 Å². The molecule has 1 heterocycles. The van der Waals surface area contributed by atoms with Gasteiger partial charge in [0.15, 0.2) is 0 Å². The fourth-order valence-electron chi connectivity index (χ4n) is 1.46. The monoisotopic (exact) mass is 239 g/mol. The van der Waals surface area contributed by atoms with Crippen LogP contribution in [-0.4, -0.2) is 30.1 Å². The third-order valence-corrected chi connectivity index (χ3v) is 2.33. The van der Waals surface area contributed by atoms with E-state index in [0.29, 0.717) is 17.9 Å². The number of nitrogen functional groups attached to an aromatic ring is 1. The van der Waals surface area contributed by atoms with Gasteiger partial charge in [0.05, 0.1) is 19.2 Å². The Kier molecular flexibility index (Phi) is 4.56. The van der Waals surface area contributed by atoms with Gasteiger partial charge in [-0.25, -0.2) is 0 Å². The fourth-order valence-corrected chi connectivity index (χ4v) is 1.46. The quantitative estimate of drug-likeness (QED) is 0.727. The molecule has 0 saturated carbocycles. The largest absolute Gasteiger partial charge is 0.469 e. The highest BCUT2D eigenvalue weighted by Crippen LogP contribution is 2.10. The number of nitrogens with zero attached hydrogens (tertiary/aromatic N) is 1. The van der Waals surface area contributed by atoms with Gasteiger partial charge in [-0.3, -0.25) is 9.59 Å². The van der Waals surface area contributed by atoms with Gasteiger partial charge in [0.1, 0.15) is 5.69 Å². The number of carbonyl (C=O) groups excluding carboxylic acids is 2. The zero-order valence-corrected chi connectivity index (χ0v) is 10.0. The summed E-state index contributed by atoms with van der Waals surface area (Å²) in [5.41, 5.74) is 6.66. The first kappa shape index (κ1) is 13.1. The number of hydrogen-bond acceptors (Lipinski definition) is 4. The van der Waals surface area contributed by atoms with E-state index in [2.05, 4.69) is 10.1 Å². The van der Waals surface area contributed by atoms with E-state index >= 15 is 0 Å². The fraction of sp³-hybridized carbons (Fsp3) is 0.455.